The molecule has 1 aromatic carbocycles. The predicted octanol–water partition coefficient (Wildman–Crippen LogP) is 3.51. The fourth-order valence-electron chi connectivity index (χ4n) is 2.79. The number of carbonyl (C=O) groups is 1. The fraction of sp³-hybridized carbons (Fsp3) is 0.471. The van der Waals surface area contributed by atoms with Crippen LogP contribution in [0.15, 0.2) is 36.4 Å². The molecule has 0 spiro atoms. The van der Waals surface area contributed by atoms with Crippen molar-refractivity contribution in [1.29, 1.82) is 0 Å². The van der Waals surface area contributed by atoms with Gasteiger partial charge in [0.05, 0.1) is 12.0 Å². The molecule has 0 aliphatic heterocycles. The maximum Gasteiger partial charge on any atom is 0.307 e. The van der Waals surface area contributed by atoms with E-state index in [4.69, 9.17) is 0 Å². The molecule has 0 saturated heterocycles. The number of hydrogen-bond donors (Lipinski definition) is 2. The van der Waals surface area contributed by atoms with Crippen molar-refractivity contribution in [2.45, 2.75) is 38.7 Å². The highest BCUT2D eigenvalue weighted by Gasteiger charge is 2.34. The number of aliphatic carboxylic acids is 1. The topological polar surface area (TPSA) is 57.5 Å². The number of carboxylic acids is 1. The molecule has 3 unspecified atom stereocenters. The molecule has 1 aromatic rings. The summed E-state index contributed by atoms with van der Waals surface area (Å²) in [5, 5.41) is 19.8. The van der Waals surface area contributed by atoms with E-state index in [-0.39, 0.29) is 5.92 Å². The van der Waals surface area contributed by atoms with Crippen molar-refractivity contribution in [3.8, 4) is 0 Å². The van der Waals surface area contributed by atoms with Crippen molar-refractivity contribution in [1.82, 2.24) is 0 Å². The quantitative estimate of drug-likeness (QED) is 0.826. The number of aliphatic hydroxyl groups is 1. The summed E-state index contributed by atoms with van der Waals surface area (Å²) >= 11 is 0. The Balaban J connectivity index is 2.18. The van der Waals surface area contributed by atoms with Crippen molar-refractivity contribution in [3.63, 3.8) is 0 Å². The van der Waals surface area contributed by atoms with E-state index in [0.29, 0.717) is 18.8 Å². The maximum atomic E-state index is 11.3. The number of aliphatic hydroxyl groups excluding tert-OH is 1. The van der Waals surface area contributed by atoms with E-state index in [1.165, 1.54) is 5.56 Å². The summed E-state index contributed by atoms with van der Waals surface area (Å²) in [7, 11) is 0. The van der Waals surface area contributed by atoms with Crippen LogP contribution in [0.5, 0.6) is 0 Å². The standard InChI is InChI=1S/C17H22O3/c1-11(2)12-7-9-13(10-8-12)16(18)14-5-3-4-6-15(14)17(19)20/h3-4,7-11,14-16,18H,5-6H2,1-2H3,(H,19,20). The Labute approximate surface area is 120 Å². The molecule has 0 saturated carbocycles. The Morgan fingerprint density at radius 1 is 1.10 bits per heavy atom. The first-order valence-corrected chi connectivity index (χ1v) is 7.16. The first-order chi connectivity index (χ1) is 9.50. The highest BCUT2D eigenvalue weighted by Crippen LogP contribution is 2.36. The van der Waals surface area contributed by atoms with Gasteiger partial charge < -0.3 is 10.2 Å². The molecule has 1 aliphatic rings. The molecule has 0 fully saturated rings. The lowest BCUT2D eigenvalue weighted by molar-refractivity contribution is -0.145. The van der Waals surface area contributed by atoms with Crippen LogP contribution in [0.2, 0.25) is 0 Å². The minimum absolute atomic E-state index is 0.248. The summed E-state index contributed by atoms with van der Waals surface area (Å²) in [5.74, 6) is -1.12. The van der Waals surface area contributed by atoms with Crippen LogP contribution in [0.4, 0.5) is 0 Å². The molecule has 0 aromatic heterocycles. The summed E-state index contributed by atoms with van der Waals surface area (Å²) in [6.45, 7) is 4.25. The second kappa shape index (κ2) is 6.23. The second-order valence-electron chi connectivity index (χ2n) is 5.82. The van der Waals surface area contributed by atoms with Gasteiger partial charge in [0, 0.05) is 5.92 Å². The molecule has 20 heavy (non-hydrogen) atoms. The van der Waals surface area contributed by atoms with E-state index in [9.17, 15) is 15.0 Å². The third-order valence-electron chi connectivity index (χ3n) is 4.15. The van der Waals surface area contributed by atoms with Gasteiger partial charge in [0.2, 0.25) is 0 Å². The predicted molar refractivity (Wildman–Crippen MR) is 78.5 cm³/mol. The number of rotatable bonds is 4. The van der Waals surface area contributed by atoms with Crippen LogP contribution in [0.3, 0.4) is 0 Å². The van der Waals surface area contributed by atoms with Gasteiger partial charge in [0.15, 0.2) is 0 Å². The summed E-state index contributed by atoms with van der Waals surface area (Å²) in [5.41, 5.74) is 2.03. The third kappa shape index (κ3) is 3.10. The minimum Gasteiger partial charge on any atom is -0.481 e. The van der Waals surface area contributed by atoms with E-state index in [0.717, 1.165) is 5.56 Å². The van der Waals surface area contributed by atoms with Gasteiger partial charge in [0.1, 0.15) is 0 Å². The Bertz CT molecular complexity index is 487. The van der Waals surface area contributed by atoms with Gasteiger partial charge in [-0.3, -0.25) is 4.79 Å². The Morgan fingerprint density at radius 2 is 1.65 bits per heavy atom. The van der Waals surface area contributed by atoms with Crippen molar-refractivity contribution in [2.75, 3.05) is 0 Å². The summed E-state index contributed by atoms with van der Waals surface area (Å²) in [4.78, 5) is 11.3. The largest absolute Gasteiger partial charge is 0.481 e. The van der Waals surface area contributed by atoms with Crippen LogP contribution in [0.25, 0.3) is 0 Å². The van der Waals surface area contributed by atoms with E-state index in [2.05, 4.69) is 13.8 Å². The first-order valence-electron chi connectivity index (χ1n) is 7.16. The van der Waals surface area contributed by atoms with Gasteiger partial charge in [-0.25, -0.2) is 0 Å². The molecule has 0 radical (unpaired) electrons. The van der Waals surface area contributed by atoms with E-state index in [1.54, 1.807) is 0 Å². The SMILES string of the molecule is CC(C)c1ccc(C(O)C2CC=CCC2C(=O)O)cc1. The first kappa shape index (κ1) is 14.8. The molecule has 108 valence electrons. The van der Waals surface area contributed by atoms with E-state index >= 15 is 0 Å². The average Bonchev–Trinajstić information content (AvgIpc) is 2.46. The van der Waals surface area contributed by atoms with Crippen LogP contribution in [0, 0.1) is 11.8 Å². The maximum absolute atomic E-state index is 11.3. The van der Waals surface area contributed by atoms with Gasteiger partial charge in [-0.05, 0) is 29.9 Å². The second-order valence-corrected chi connectivity index (χ2v) is 5.82. The highest BCUT2D eigenvalue weighted by atomic mass is 16.4. The number of allylic oxidation sites excluding steroid dienone is 2. The van der Waals surface area contributed by atoms with Crippen LogP contribution in [-0.2, 0) is 4.79 Å². The Morgan fingerprint density at radius 3 is 2.20 bits per heavy atom. The zero-order valence-corrected chi connectivity index (χ0v) is 12.0. The van der Waals surface area contributed by atoms with Gasteiger partial charge in [0.25, 0.3) is 0 Å². The highest BCUT2D eigenvalue weighted by molar-refractivity contribution is 5.71. The zero-order valence-electron chi connectivity index (χ0n) is 12.0. The number of benzene rings is 1. The molecule has 0 amide bonds. The van der Waals surface area contributed by atoms with Crippen LogP contribution in [0.1, 0.15) is 49.8 Å². The van der Waals surface area contributed by atoms with Gasteiger partial charge >= 0.3 is 5.97 Å². The molecule has 3 heteroatoms. The number of carboxylic acid groups (broad SMARTS) is 1. The molecule has 1 aliphatic carbocycles. The Kier molecular flexibility index (Phi) is 4.61. The van der Waals surface area contributed by atoms with Crippen molar-refractivity contribution >= 4 is 5.97 Å². The Hall–Kier alpha value is -1.61. The smallest absolute Gasteiger partial charge is 0.307 e. The summed E-state index contributed by atoms with van der Waals surface area (Å²) in [6.07, 6.45) is 4.26. The molecule has 0 heterocycles. The lowest BCUT2D eigenvalue weighted by atomic mass is 9.77. The molecular weight excluding hydrogens is 252 g/mol. The molecule has 2 rings (SSSR count). The number of hydrogen-bond acceptors (Lipinski definition) is 2. The van der Waals surface area contributed by atoms with Crippen molar-refractivity contribution in [3.05, 3.63) is 47.5 Å². The lowest BCUT2D eigenvalue weighted by Crippen LogP contribution is -2.29. The van der Waals surface area contributed by atoms with E-state index < -0.39 is 18.0 Å². The van der Waals surface area contributed by atoms with Gasteiger partial charge in [-0.2, -0.15) is 0 Å². The molecule has 3 nitrogen and oxygen atoms in total. The fourth-order valence-corrected chi connectivity index (χ4v) is 2.79. The summed E-state index contributed by atoms with van der Waals surface area (Å²) < 4.78 is 0. The molecular formula is C17H22O3. The lowest BCUT2D eigenvalue weighted by Gasteiger charge is -2.29. The van der Waals surface area contributed by atoms with Crippen molar-refractivity contribution in [2.24, 2.45) is 11.8 Å². The van der Waals surface area contributed by atoms with Gasteiger partial charge in [-0.15, -0.1) is 0 Å². The van der Waals surface area contributed by atoms with Crippen molar-refractivity contribution < 1.29 is 15.0 Å². The van der Waals surface area contributed by atoms with E-state index in [1.807, 2.05) is 36.4 Å². The zero-order chi connectivity index (χ0) is 14.7. The van der Waals surface area contributed by atoms with Crippen LogP contribution >= 0.6 is 0 Å². The third-order valence-corrected chi connectivity index (χ3v) is 4.15. The molecule has 0 bridgehead atoms. The molecule has 2 N–H and O–H groups in total. The normalized spacial score (nSPS) is 23.8. The average molecular weight is 274 g/mol. The summed E-state index contributed by atoms with van der Waals surface area (Å²) in [6, 6.07) is 7.85. The van der Waals surface area contributed by atoms with Gasteiger partial charge in [-0.1, -0.05) is 50.3 Å². The molecule has 3 atom stereocenters. The van der Waals surface area contributed by atoms with Crippen LogP contribution in [-0.4, -0.2) is 16.2 Å². The monoisotopic (exact) mass is 274 g/mol. The minimum atomic E-state index is -0.822. The van der Waals surface area contributed by atoms with Crippen LogP contribution < -0.4 is 0 Å².